The summed E-state index contributed by atoms with van der Waals surface area (Å²) >= 11 is 0. The van der Waals surface area contributed by atoms with E-state index >= 15 is 0 Å². The van der Waals surface area contributed by atoms with E-state index in [0.29, 0.717) is 5.69 Å². The number of ether oxygens (including phenoxy) is 1. The predicted molar refractivity (Wildman–Crippen MR) is 77.9 cm³/mol. The first-order valence-corrected chi connectivity index (χ1v) is 6.48. The van der Waals surface area contributed by atoms with Gasteiger partial charge in [-0.15, -0.1) is 0 Å². The van der Waals surface area contributed by atoms with E-state index in [4.69, 9.17) is 4.74 Å². The molecule has 5 heteroatoms. The molecule has 1 N–H and O–H groups in total. The van der Waals surface area contributed by atoms with E-state index < -0.39 is 12.0 Å². The van der Waals surface area contributed by atoms with Gasteiger partial charge in [-0.05, 0) is 23.8 Å². The van der Waals surface area contributed by atoms with Crippen LogP contribution in [0, 0.1) is 5.95 Å². The van der Waals surface area contributed by atoms with Crippen molar-refractivity contribution in [3.63, 3.8) is 0 Å². The second kappa shape index (κ2) is 7.79. The average molecular weight is 286 g/mol. The normalized spacial score (nSPS) is 10.5. The van der Waals surface area contributed by atoms with Gasteiger partial charge in [0.25, 0.3) is 0 Å². The summed E-state index contributed by atoms with van der Waals surface area (Å²) in [5, 5.41) is 2.57. The SMILES string of the molecule is O=C(NCC=Cc1cccc(F)n1)OCc1ccccc1. The molecule has 0 aliphatic rings. The van der Waals surface area contributed by atoms with Gasteiger partial charge in [-0.1, -0.05) is 42.5 Å². The van der Waals surface area contributed by atoms with Crippen LogP contribution in [0.1, 0.15) is 11.3 Å². The number of carbonyl (C=O) groups excluding carboxylic acids is 1. The first-order chi connectivity index (χ1) is 10.2. The number of halogens is 1. The van der Waals surface area contributed by atoms with Crippen LogP contribution >= 0.6 is 0 Å². The summed E-state index contributed by atoms with van der Waals surface area (Å²) in [7, 11) is 0. The lowest BCUT2D eigenvalue weighted by Crippen LogP contribution is -2.24. The topological polar surface area (TPSA) is 51.2 Å². The van der Waals surface area contributed by atoms with Gasteiger partial charge in [0, 0.05) is 6.54 Å². The van der Waals surface area contributed by atoms with Crippen LogP contribution in [0.5, 0.6) is 0 Å². The van der Waals surface area contributed by atoms with Crippen LogP contribution in [-0.2, 0) is 11.3 Å². The van der Waals surface area contributed by atoms with E-state index in [1.165, 1.54) is 6.07 Å². The molecule has 0 atom stereocenters. The first kappa shape index (κ1) is 14.7. The van der Waals surface area contributed by atoms with Gasteiger partial charge in [0.2, 0.25) is 5.95 Å². The van der Waals surface area contributed by atoms with Gasteiger partial charge < -0.3 is 10.1 Å². The third-order valence-electron chi connectivity index (χ3n) is 2.60. The number of hydrogen-bond donors (Lipinski definition) is 1. The van der Waals surface area contributed by atoms with Crippen molar-refractivity contribution in [1.82, 2.24) is 10.3 Å². The molecule has 2 rings (SSSR count). The molecule has 108 valence electrons. The minimum absolute atomic E-state index is 0.224. The highest BCUT2D eigenvalue weighted by molar-refractivity contribution is 5.67. The Hall–Kier alpha value is -2.69. The number of aromatic nitrogens is 1. The fourth-order valence-corrected chi connectivity index (χ4v) is 1.61. The maximum Gasteiger partial charge on any atom is 0.407 e. The van der Waals surface area contributed by atoms with E-state index in [1.54, 1.807) is 24.3 Å². The Morgan fingerprint density at radius 3 is 2.76 bits per heavy atom. The Balaban J connectivity index is 1.69. The van der Waals surface area contributed by atoms with Crippen molar-refractivity contribution in [2.24, 2.45) is 0 Å². The Bertz CT molecular complexity index is 615. The monoisotopic (exact) mass is 286 g/mol. The minimum atomic E-state index is -0.535. The lowest BCUT2D eigenvalue weighted by atomic mass is 10.2. The van der Waals surface area contributed by atoms with E-state index in [-0.39, 0.29) is 13.2 Å². The summed E-state index contributed by atoms with van der Waals surface area (Å²) < 4.78 is 17.9. The highest BCUT2D eigenvalue weighted by Gasteiger charge is 2.00. The van der Waals surface area contributed by atoms with Crippen LogP contribution in [0.2, 0.25) is 0 Å². The quantitative estimate of drug-likeness (QED) is 0.859. The molecule has 0 aliphatic carbocycles. The minimum Gasteiger partial charge on any atom is -0.445 e. The number of nitrogens with one attached hydrogen (secondary N) is 1. The fraction of sp³-hybridized carbons (Fsp3) is 0.125. The zero-order valence-electron chi connectivity index (χ0n) is 11.3. The van der Waals surface area contributed by atoms with E-state index in [2.05, 4.69) is 10.3 Å². The van der Waals surface area contributed by atoms with Gasteiger partial charge in [0.1, 0.15) is 6.61 Å². The van der Waals surface area contributed by atoms with Crippen molar-refractivity contribution < 1.29 is 13.9 Å². The second-order valence-electron chi connectivity index (χ2n) is 4.23. The van der Waals surface area contributed by atoms with Crippen molar-refractivity contribution in [2.75, 3.05) is 6.54 Å². The highest BCUT2D eigenvalue weighted by atomic mass is 19.1. The molecule has 1 aromatic carbocycles. The third-order valence-corrected chi connectivity index (χ3v) is 2.60. The Morgan fingerprint density at radius 2 is 2.00 bits per heavy atom. The molecule has 0 unspecified atom stereocenters. The van der Waals surface area contributed by atoms with Crippen LogP contribution in [0.4, 0.5) is 9.18 Å². The Labute approximate surface area is 122 Å². The number of carbonyl (C=O) groups is 1. The Morgan fingerprint density at radius 1 is 1.19 bits per heavy atom. The molecule has 2 aromatic rings. The van der Waals surface area contributed by atoms with Gasteiger partial charge in [-0.25, -0.2) is 9.78 Å². The summed E-state index contributed by atoms with van der Waals surface area (Å²) in [6.45, 7) is 0.508. The van der Waals surface area contributed by atoms with Crippen molar-refractivity contribution in [1.29, 1.82) is 0 Å². The molecular weight excluding hydrogens is 271 g/mol. The molecule has 0 bridgehead atoms. The molecule has 1 amide bonds. The standard InChI is InChI=1S/C16H15FN2O2/c17-15-10-4-8-14(19-15)9-5-11-18-16(20)21-12-13-6-2-1-3-7-13/h1-10H,11-12H2,(H,18,20). The largest absolute Gasteiger partial charge is 0.445 e. The van der Waals surface area contributed by atoms with E-state index in [0.717, 1.165) is 5.56 Å². The number of rotatable bonds is 5. The van der Waals surface area contributed by atoms with Gasteiger partial charge >= 0.3 is 6.09 Å². The zero-order valence-corrected chi connectivity index (χ0v) is 11.3. The molecule has 21 heavy (non-hydrogen) atoms. The lowest BCUT2D eigenvalue weighted by molar-refractivity contribution is 0.141. The predicted octanol–water partition coefficient (Wildman–Crippen LogP) is 3.16. The van der Waals surface area contributed by atoms with E-state index in [9.17, 15) is 9.18 Å². The van der Waals surface area contributed by atoms with Gasteiger partial charge in [-0.2, -0.15) is 4.39 Å². The summed E-state index contributed by atoms with van der Waals surface area (Å²) in [5.41, 5.74) is 1.42. The maximum absolute atomic E-state index is 12.8. The van der Waals surface area contributed by atoms with Gasteiger partial charge in [-0.3, -0.25) is 0 Å². The molecule has 4 nitrogen and oxygen atoms in total. The van der Waals surface area contributed by atoms with Gasteiger partial charge in [0.05, 0.1) is 5.69 Å². The number of alkyl carbamates (subject to hydrolysis) is 1. The molecule has 0 saturated carbocycles. The molecule has 0 aliphatic heterocycles. The molecule has 0 fully saturated rings. The second-order valence-corrected chi connectivity index (χ2v) is 4.23. The third kappa shape index (κ3) is 5.44. The number of nitrogens with zero attached hydrogens (tertiary/aromatic N) is 1. The van der Waals surface area contributed by atoms with Crippen molar-refractivity contribution in [3.05, 3.63) is 71.8 Å². The Kier molecular flexibility index (Phi) is 5.46. The molecule has 0 radical (unpaired) electrons. The van der Waals surface area contributed by atoms with Crippen LogP contribution in [0.25, 0.3) is 6.08 Å². The smallest absolute Gasteiger partial charge is 0.407 e. The summed E-state index contributed by atoms with van der Waals surface area (Å²) in [6.07, 6.45) is 2.79. The first-order valence-electron chi connectivity index (χ1n) is 6.48. The molecule has 0 spiro atoms. The number of benzene rings is 1. The van der Waals surface area contributed by atoms with Crippen LogP contribution in [0.15, 0.2) is 54.6 Å². The lowest BCUT2D eigenvalue weighted by Gasteiger charge is -2.05. The molecule has 1 aromatic heterocycles. The molecule has 0 saturated heterocycles. The maximum atomic E-state index is 12.8. The number of pyridine rings is 1. The number of hydrogen-bond acceptors (Lipinski definition) is 3. The van der Waals surface area contributed by atoms with Crippen LogP contribution < -0.4 is 5.32 Å². The fourth-order valence-electron chi connectivity index (χ4n) is 1.61. The van der Waals surface area contributed by atoms with Crippen LogP contribution in [0.3, 0.4) is 0 Å². The summed E-state index contributed by atoms with van der Waals surface area (Å²) in [6, 6.07) is 13.9. The number of amides is 1. The summed E-state index contributed by atoms with van der Waals surface area (Å²) in [5.74, 6) is -0.535. The summed E-state index contributed by atoms with van der Waals surface area (Å²) in [4.78, 5) is 15.1. The molecule has 1 heterocycles. The van der Waals surface area contributed by atoms with Gasteiger partial charge in [0.15, 0.2) is 0 Å². The highest BCUT2D eigenvalue weighted by Crippen LogP contribution is 2.01. The van der Waals surface area contributed by atoms with Crippen molar-refractivity contribution in [3.8, 4) is 0 Å². The van der Waals surface area contributed by atoms with Crippen molar-refractivity contribution in [2.45, 2.75) is 6.61 Å². The van der Waals surface area contributed by atoms with E-state index in [1.807, 2.05) is 30.3 Å². The molecular formula is C16H15FN2O2. The van der Waals surface area contributed by atoms with Crippen molar-refractivity contribution >= 4 is 12.2 Å². The van der Waals surface area contributed by atoms with Crippen LogP contribution in [-0.4, -0.2) is 17.6 Å². The zero-order chi connectivity index (χ0) is 14.9. The average Bonchev–Trinajstić information content (AvgIpc) is 2.51.